The highest BCUT2D eigenvalue weighted by atomic mass is 32.2. The van der Waals surface area contributed by atoms with Crippen LogP contribution in [0.2, 0.25) is 0 Å². The first-order valence-electron chi connectivity index (χ1n) is 11.1. The summed E-state index contributed by atoms with van der Waals surface area (Å²) in [6.45, 7) is 1.56. The van der Waals surface area contributed by atoms with Crippen molar-refractivity contribution in [2.24, 2.45) is 11.5 Å². The fourth-order valence-corrected chi connectivity index (χ4v) is 5.78. The number of nitrogens with two attached hydrogens (primary N) is 2. The van der Waals surface area contributed by atoms with Crippen molar-refractivity contribution < 1.29 is 26.4 Å². The zero-order valence-electron chi connectivity index (χ0n) is 18.8. The number of nitrogens with one attached hydrogen (secondary N) is 1. The molecule has 2 saturated heterocycles. The SMILES string of the molecule is NC(=O)c1cnc(N2CCC[C@H](N)C2)nc1Nc1cc(C(F)(F)F)cc(S(=O)(=O)N2CCCC2)c1. The molecule has 190 valence electrons. The van der Waals surface area contributed by atoms with Crippen molar-refractivity contribution in [2.45, 2.75) is 42.8 Å². The van der Waals surface area contributed by atoms with Crippen molar-refractivity contribution >= 4 is 33.4 Å². The predicted octanol–water partition coefficient (Wildman–Crippen LogP) is 2.05. The fourth-order valence-electron chi connectivity index (χ4n) is 4.19. The molecule has 1 aromatic carbocycles. The maximum absolute atomic E-state index is 13.6. The summed E-state index contributed by atoms with van der Waals surface area (Å²) in [5.74, 6) is -0.804. The molecule has 0 bridgehead atoms. The normalized spacial score (nSPS) is 19.7. The van der Waals surface area contributed by atoms with E-state index in [1.54, 1.807) is 4.90 Å². The van der Waals surface area contributed by atoms with Crippen LogP contribution in [0.25, 0.3) is 0 Å². The minimum atomic E-state index is -4.81. The third-order valence-electron chi connectivity index (χ3n) is 5.98. The number of amides is 1. The van der Waals surface area contributed by atoms with E-state index in [0.29, 0.717) is 32.0 Å². The number of carbonyl (C=O) groups is 1. The van der Waals surface area contributed by atoms with Gasteiger partial charge < -0.3 is 21.7 Å². The van der Waals surface area contributed by atoms with Crippen molar-refractivity contribution in [3.05, 3.63) is 35.5 Å². The molecule has 1 atom stereocenters. The Morgan fingerprint density at radius 3 is 2.46 bits per heavy atom. The summed E-state index contributed by atoms with van der Waals surface area (Å²) in [4.78, 5) is 21.7. The number of nitrogens with zero attached hydrogens (tertiary/aromatic N) is 4. The van der Waals surface area contributed by atoms with Crippen LogP contribution in [0.4, 0.5) is 30.6 Å². The molecular weight excluding hydrogens is 487 g/mol. The zero-order chi connectivity index (χ0) is 25.4. The molecule has 35 heavy (non-hydrogen) atoms. The van der Waals surface area contributed by atoms with E-state index in [1.807, 2.05) is 0 Å². The van der Waals surface area contributed by atoms with E-state index in [0.717, 1.165) is 29.3 Å². The largest absolute Gasteiger partial charge is 0.416 e. The van der Waals surface area contributed by atoms with Crippen LogP contribution in [0.3, 0.4) is 0 Å². The monoisotopic (exact) mass is 513 g/mol. The molecule has 2 aromatic rings. The van der Waals surface area contributed by atoms with Gasteiger partial charge in [-0.05, 0) is 43.9 Å². The lowest BCUT2D eigenvalue weighted by Gasteiger charge is -2.31. The summed E-state index contributed by atoms with van der Waals surface area (Å²) in [7, 11) is -4.15. The molecule has 2 aliphatic rings. The number of rotatable bonds is 6. The third kappa shape index (κ3) is 5.49. The standard InChI is InChI=1S/C21H26F3N7O3S/c22-21(23,24)13-8-15(10-16(9-13)35(33,34)31-6-1-2-7-31)28-19-17(18(26)32)11-27-20(29-19)30-5-3-4-14(25)12-30/h8-11,14H,1-7,12,25H2,(H2,26,32)(H,27,28,29)/t14-/m0/s1. The molecule has 0 aliphatic carbocycles. The molecule has 1 amide bonds. The molecule has 14 heteroatoms. The van der Waals surface area contributed by atoms with Gasteiger partial charge in [-0.2, -0.15) is 22.5 Å². The molecule has 0 spiro atoms. The topological polar surface area (TPSA) is 148 Å². The van der Waals surface area contributed by atoms with Crippen LogP contribution in [-0.2, 0) is 16.2 Å². The Labute approximate surface area is 200 Å². The first-order valence-corrected chi connectivity index (χ1v) is 12.6. The van der Waals surface area contributed by atoms with Crippen molar-refractivity contribution in [3.63, 3.8) is 0 Å². The van der Waals surface area contributed by atoms with Gasteiger partial charge in [0.2, 0.25) is 16.0 Å². The van der Waals surface area contributed by atoms with E-state index >= 15 is 0 Å². The Kier molecular flexibility index (Phi) is 6.88. The molecule has 0 radical (unpaired) electrons. The Bertz CT molecular complexity index is 1220. The van der Waals surface area contributed by atoms with Gasteiger partial charge in [-0.3, -0.25) is 4.79 Å². The highest BCUT2D eigenvalue weighted by molar-refractivity contribution is 7.89. The number of aromatic nitrogens is 2. The van der Waals surface area contributed by atoms with Gasteiger partial charge in [-0.1, -0.05) is 0 Å². The highest BCUT2D eigenvalue weighted by Gasteiger charge is 2.35. The lowest BCUT2D eigenvalue weighted by atomic mass is 10.1. The van der Waals surface area contributed by atoms with Gasteiger partial charge in [0.05, 0.1) is 10.5 Å². The second-order valence-corrected chi connectivity index (χ2v) is 10.6. The van der Waals surface area contributed by atoms with E-state index in [4.69, 9.17) is 11.5 Å². The minimum absolute atomic E-state index is 0.0959. The maximum Gasteiger partial charge on any atom is 0.416 e. The summed E-state index contributed by atoms with van der Waals surface area (Å²) in [6.07, 6.45) is -0.719. The van der Waals surface area contributed by atoms with E-state index in [-0.39, 0.29) is 42.1 Å². The van der Waals surface area contributed by atoms with Crippen LogP contribution < -0.4 is 21.7 Å². The van der Waals surface area contributed by atoms with Gasteiger partial charge in [-0.25, -0.2) is 13.4 Å². The first-order chi connectivity index (χ1) is 16.4. The second kappa shape index (κ2) is 9.59. The van der Waals surface area contributed by atoms with Gasteiger partial charge in [0.25, 0.3) is 5.91 Å². The Morgan fingerprint density at radius 1 is 1.11 bits per heavy atom. The zero-order valence-corrected chi connectivity index (χ0v) is 19.6. The average Bonchev–Trinajstić information content (AvgIpc) is 3.34. The molecular formula is C21H26F3N7O3S. The Balaban J connectivity index is 1.75. The Morgan fingerprint density at radius 2 is 1.83 bits per heavy atom. The van der Waals surface area contributed by atoms with Crippen LogP contribution in [0, 0.1) is 0 Å². The van der Waals surface area contributed by atoms with Crippen LogP contribution >= 0.6 is 0 Å². The van der Waals surface area contributed by atoms with E-state index in [1.165, 1.54) is 6.20 Å². The number of hydrogen-bond acceptors (Lipinski definition) is 8. The lowest BCUT2D eigenvalue weighted by molar-refractivity contribution is -0.137. The summed E-state index contributed by atoms with van der Waals surface area (Å²) < 4.78 is 68.1. The highest BCUT2D eigenvalue weighted by Crippen LogP contribution is 2.35. The molecule has 0 unspecified atom stereocenters. The lowest BCUT2D eigenvalue weighted by Crippen LogP contribution is -2.43. The number of primary amides is 1. The van der Waals surface area contributed by atoms with Gasteiger partial charge in [-0.15, -0.1) is 0 Å². The summed E-state index contributed by atoms with van der Waals surface area (Å²) >= 11 is 0. The van der Waals surface area contributed by atoms with Crippen molar-refractivity contribution in [3.8, 4) is 0 Å². The summed E-state index contributed by atoms with van der Waals surface area (Å²) in [5.41, 5.74) is 9.92. The fraction of sp³-hybridized carbons (Fsp3) is 0.476. The van der Waals surface area contributed by atoms with Crippen molar-refractivity contribution in [2.75, 3.05) is 36.4 Å². The van der Waals surface area contributed by atoms with Crippen molar-refractivity contribution in [1.82, 2.24) is 14.3 Å². The van der Waals surface area contributed by atoms with Crippen LogP contribution in [0.15, 0.2) is 29.3 Å². The van der Waals surface area contributed by atoms with E-state index < -0.39 is 32.6 Å². The third-order valence-corrected chi connectivity index (χ3v) is 7.86. The Hall–Kier alpha value is -2.97. The number of sulfonamides is 1. The quantitative estimate of drug-likeness (QED) is 0.532. The number of piperidine rings is 1. The number of alkyl halides is 3. The van der Waals surface area contributed by atoms with E-state index in [2.05, 4.69) is 15.3 Å². The number of halogens is 3. The smallest absolute Gasteiger partial charge is 0.365 e. The molecule has 2 fully saturated rings. The van der Waals surface area contributed by atoms with Crippen molar-refractivity contribution in [1.29, 1.82) is 0 Å². The van der Waals surface area contributed by atoms with Gasteiger partial charge >= 0.3 is 6.18 Å². The molecule has 2 aliphatic heterocycles. The molecule has 1 aromatic heterocycles. The van der Waals surface area contributed by atoms with Crippen LogP contribution in [0.1, 0.15) is 41.6 Å². The average molecular weight is 514 g/mol. The number of anilines is 3. The predicted molar refractivity (Wildman–Crippen MR) is 123 cm³/mol. The molecule has 10 nitrogen and oxygen atoms in total. The minimum Gasteiger partial charge on any atom is -0.365 e. The first kappa shape index (κ1) is 25.1. The number of benzene rings is 1. The van der Waals surface area contributed by atoms with Crippen LogP contribution in [-0.4, -0.2) is 60.8 Å². The molecule has 3 heterocycles. The summed E-state index contributed by atoms with van der Waals surface area (Å²) in [6, 6.07) is 2.36. The maximum atomic E-state index is 13.6. The second-order valence-electron chi connectivity index (χ2n) is 8.62. The molecule has 0 saturated carbocycles. The van der Waals surface area contributed by atoms with Gasteiger partial charge in [0, 0.05) is 44.1 Å². The van der Waals surface area contributed by atoms with Crippen LogP contribution in [0.5, 0.6) is 0 Å². The van der Waals surface area contributed by atoms with E-state index in [9.17, 15) is 26.4 Å². The molecule has 5 N–H and O–H groups in total. The number of carbonyl (C=O) groups excluding carboxylic acids is 1. The molecule has 4 rings (SSSR count). The summed E-state index contributed by atoms with van der Waals surface area (Å²) in [5, 5.41) is 2.67. The van der Waals surface area contributed by atoms with Gasteiger partial charge in [0.15, 0.2) is 0 Å². The number of hydrogen-bond donors (Lipinski definition) is 3. The van der Waals surface area contributed by atoms with Gasteiger partial charge in [0.1, 0.15) is 11.4 Å².